The highest BCUT2D eigenvalue weighted by molar-refractivity contribution is 9.10. The minimum Gasteiger partial charge on any atom is -0.485 e. The third kappa shape index (κ3) is 2.48. The van der Waals surface area contributed by atoms with Gasteiger partial charge in [0.05, 0.1) is 6.10 Å². The second kappa shape index (κ2) is 4.90. The van der Waals surface area contributed by atoms with E-state index in [1.807, 2.05) is 6.07 Å². The lowest BCUT2D eigenvalue weighted by atomic mass is 9.96. The van der Waals surface area contributed by atoms with Crippen LogP contribution in [0.2, 0.25) is 0 Å². The first-order valence-electron chi connectivity index (χ1n) is 5.88. The number of fused-ring (bicyclic) bond motifs is 1. The summed E-state index contributed by atoms with van der Waals surface area (Å²) >= 11 is 3.35. The number of aliphatic hydroxyl groups excluding tert-OH is 1. The summed E-state index contributed by atoms with van der Waals surface area (Å²) in [7, 11) is 0. The molecule has 3 rings (SSSR count). The number of hydrogen-bond acceptors (Lipinski definition) is 3. The molecule has 2 unspecified atom stereocenters. The molecule has 0 bridgehead atoms. The Labute approximate surface area is 118 Å². The van der Waals surface area contributed by atoms with E-state index in [0.29, 0.717) is 17.7 Å². The molecule has 2 aromatic rings. The number of ether oxygens (including phenoxy) is 1. The summed E-state index contributed by atoms with van der Waals surface area (Å²) in [6.45, 7) is 0. The van der Waals surface area contributed by atoms with Gasteiger partial charge in [0.1, 0.15) is 17.7 Å². The average molecular weight is 324 g/mol. The molecule has 1 N–H and O–H groups in total. The summed E-state index contributed by atoms with van der Waals surface area (Å²) in [5, 5.41) is 10.1. The first-order valence-corrected chi connectivity index (χ1v) is 6.67. The van der Waals surface area contributed by atoms with Gasteiger partial charge in [0.2, 0.25) is 0 Å². The Morgan fingerprint density at radius 3 is 2.95 bits per heavy atom. The Morgan fingerprint density at radius 2 is 2.16 bits per heavy atom. The van der Waals surface area contributed by atoms with Crippen LogP contribution in [0, 0.1) is 5.82 Å². The van der Waals surface area contributed by atoms with Gasteiger partial charge >= 0.3 is 0 Å². The van der Waals surface area contributed by atoms with Gasteiger partial charge in [-0.1, -0.05) is 0 Å². The second-order valence-electron chi connectivity index (χ2n) is 4.48. The smallest absolute Gasteiger partial charge is 0.128 e. The molecule has 0 spiro atoms. The molecule has 0 radical (unpaired) electrons. The largest absolute Gasteiger partial charge is 0.485 e. The van der Waals surface area contributed by atoms with Gasteiger partial charge in [0.15, 0.2) is 0 Å². The Morgan fingerprint density at radius 1 is 1.32 bits per heavy atom. The fourth-order valence-corrected chi connectivity index (χ4v) is 2.61. The lowest BCUT2D eigenvalue weighted by molar-refractivity contribution is 0.0651. The highest BCUT2D eigenvalue weighted by Gasteiger charge is 2.28. The number of aromatic nitrogens is 1. The van der Waals surface area contributed by atoms with Crippen LogP contribution in [0.25, 0.3) is 0 Å². The van der Waals surface area contributed by atoms with Crippen molar-refractivity contribution in [2.75, 3.05) is 0 Å². The molecule has 1 aliphatic heterocycles. The first-order chi connectivity index (χ1) is 9.13. The molecule has 0 aliphatic carbocycles. The van der Waals surface area contributed by atoms with Gasteiger partial charge in [-0.15, -0.1) is 0 Å². The van der Waals surface area contributed by atoms with Crippen molar-refractivity contribution in [3.63, 3.8) is 0 Å². The first kappa shape index (κ1) is 12.6. The number of pyridine rings is 1. The lowest BCUT2D eigenvalue weighted by Gasteiger charge is -2.29. The molecule has 0 amide bonds. The Hall–Kier alpha value is -1.46. The molecule has 0 fully saturated rings. The van der Waals surface area contributed by atoms with E-state index < -0.39 is 6.10 Å². The van der Waals surface area contributed by atoms with Crippen LogP contribution in [-0.4, -0.2) is 10.1 Å². The normalized spacial score (nSPS) is 21.6. The van der Waals surface area contributed by atoms with Crippen LogP contribution in [0.15, 0.2) is 41.1 Å². The van der Waals surface area contributed by atoms with Gasteiger partial charge in [0, 0.05) is 34.4 Å². The van der Waals surface area contributed by atoms with Gasteiger partial charge < -0.3 is 9.84 Å². The fourth-order valence-electron chi connectivity index (χ4n) is 2.23. The molecule has 3 nitrogen and oxygen atoms in total. The highest BCUT2D eigenvalue weighted by Crippen LogP contribution is 2.41. The molecule has 19 heavy (non-hydrogen) atoms. The molecule has 5 heteroatoms. The maximum Gasteiger partial charge on any atom is 0.128 e. The average Bonchev–Trinajstić information content (AvgIpc) is 2.39. The quantitative estimate of drug-likeness (QED) is 0.872. The molecule has 1 aromatic heterocycles. The van der Waals surface area contributed by atoms with E-state index in [1.54, 1.807) is 18.5 Å². The van der Waals surface area contributed by atoms with Gasteiger partial charge in [-0.2, -0.15) is 0 Å². The number of halogens is 2. The summed E-state index contributed by atoms with van der Waals surface area (Å²) < 4.78 is 19.8. The van der Waals surface area contributed by atoms with Gasteiger partial charge in [-0.3, -0.25) is 4.98 Å². The number of hydrogen-bond donors (Lipinski definition) is 1. The van der Waals surface area contributed by atoms with E-state index in [1.165, 1.54) is 12.1 Å². The molecule has 98 valence electrons. The van der Waals surface area contributed by atoms with Crippen LogP contribution in [0.4, 0.5) is 4.39 Å². The zero-order chi connectivity index (χ0) is 13.4. The van der Waals surface area contributed by atoms with E-state index in [-0.39, 0.29) is 11.9 Å². The monoisotopic (exact) mass is 323 g/mol. The number of rotatable bonds is 1. The van der Waals surface area contributed by atoms with Crippen molar-refractivity contribution in [3.05, 3.63) is 58.1 Å². The maximum atomic E-state index is 13.2. The van der Waals surface area contributed by atoms with Crippen LogP contribution < -0.4 is 4.74 Å². The summed E-state index contributed by atoms with van der Waals surface area (Å²) in [6, 6.07) is 6.09. The van der Waals surface area contributed by atoms with E-state index in [2.05, 4.69) is 20.9 Å². The predicted octanol–water partition coefficient (Wildman–Crippen LogP) is 3.54. The van der Waals surface area contributed by atoms with Gasteiger partial charge in [-0.05, 0) is 40.2 Å². The molecule has 2 atom stereocenters. The molecule has 0 saturated carbocycles. The van der Waals surface area contributed by atoms with Crippen molar-refractivity contribution < 1.29 is 14.2 Å². The van der Waals surface area contributed by atoms with Crippen molar-refractivity contribution >= 4 is 15.9 Å². The van der Waals surface area contributed by atoms with Crippen LogP contribution in [-0.2, 0) is 0 Å². The van der Waals surface area contributed by atoms with Crippen molar-refractivity contribution in [1.82, 2.24) is 4.98 Å². The molecule has 0 saturated heterocycles. The van der Waals surface area contributed by atoms with E-state index in [4.69, 9.17) is 4.74 Å². The van der Waals surface area contributed by atoms with Crippen LogP contribution >= 0.6 is 15.9 Å². The second-order valence-corrected chi connectivity index (χ2v) is 5.39. The number of benzene rings is 1. The lowest BCUT2D eigenvalue weighted by Crippen LogP contribution is -2.19. The molecule has 1 aliphatic rings. The Bertz CT molecular complexity index is 620. The van der Waals surface area contributed by atoms with E-state index in [9.17, 15) is 9.50 Å². The van der Waals surface area contributed by atoms with Crippen molar-refractivity contribution in [3.8, 4) is 5.75 Å². The summed E-state index contributed by atoms with van der Waals surface area (Å²) in [6.07, 6.45) is 2.76. The topological polar surface area (TPSA) is 42.4 Å². The molecular formula is C14H11BrFNO2. The van der Waals surface area contributed by atoms with Gasteiger partial charge in [0.25, 0.3) is 0 Å². The third-order valence-electron chi connectivity index (χ3n) is 3.14. The predicted molar refractivity (Wildman–Crippen MR) is 71.3 cm³/mol. The van der Waals surface area contributed by atoms with Crippen molar-refractivity contribution in [2.45, 2.75) is 18.6 Å². The molecule has 2 heterocycles. The maximum absolute atomic E-state index is 13.2. The molecular weight excluding hydrogens is 313 g/mol. The van der Waals surface area contributed by atoms with Crippen LogP contribution in [0.3, 0.4) is 0 Å². The number of nitrogens with zero attached hydrogens (tertiary/aromatic N) is 1. The standard InChI is InChI=1S/C14H11BrFNO2/c15-9-3-8(6-17-7-9)14-5-12(18)11-4-10(16)1-2-13(11)19-14/h1-4,6-7,12,14,18H,5H2. The van der Waals surface area contributed by atoms with Crippen molar-refractivity contribution in [1.29, 1.82) is 0 Å². The van der Waals surface area contributed by atoms with Crippen LogP contribution in [0.5, 0.6) is 5.75 Å². The minimum absolute atomic E-state index is 0.280. The number of aliphatic hydroxyl groups is 1. The Kier molecular flexibility index (Phi) is 3.24. The third-order valence-corrected chi connectivity index (χ3v) is 3.57. The van der Waals surface area contributed by atoms with E-state index in [0.717, 1.165) is 10.0 Å². The zero-order valence-electron chi connectivity index (χ0n) is 9.88. The van der Waals surface area contributed by atoms with Crippen LogP contribution in [0.1, 0.15) is 29.8 Å². The van der Waals surface area contributed by atoms with Gasteiger partial charge in [-0.25, -0.2) is 4.39 Å². The minimum atomic E-state index is -0.733. The van der Waals surface area contributed by atoms with Crippen molar-refractivity contribution in [2.24, 2.45) is 0 Å². The Balaban J connectivity index is 1.95. The summed E-state index contributed by atoms with van der Waals surface area (Å²) in [5.41, 5.74) is 1.38. The summed E-state index contributed by atoms with van der Waals surface area (Å²) in [5.74, 6) is 0.147. The summed E-state index contributed by atoms with van der Waals surface area (Å²) in [4.78, 5) is 4.09. The molecule has 1 aromatic carbocycles. The fraction of sp³-hybridized carbons (Fsp3) is 0.214. The highest BCUT2D eigenvalue weighted by atomic mass is 79.9. The SMILES string of the molecule is OC1CC(c2cncc(Br)c2)Oc2ccc(F)cc21. The van der Waals surface area contributed by atoms with E-state index >= 15 is 0 Å². The zero-order valence-corrected chi connectivity index (χ0v) is 11.5.